The summed E-state index contributed by atoms with van der Waals surface area (Å²) < 4.78 is 0. The van der Waals surface area contributed by atoms with Crippen LogP contribution in [0.25, 0.3) is 5.57 Å². The molecule has 1 aromatic carbocycles. The number of oxime groups is 1. The first-order valence-corrected chi connectivity index (χ1v) is 5.71. The Hall–Kier alpha value is -1.57. The molecule has 2 heteroatoms. The Balaban J connectivity index is 2.43. The van der Waals surface area contributed by atoms with Gasteiger partial charge < -0.3 is 5.21 Å². The van der Waals surface area contributed by atoms with Crippen LogP contribution in [0.5, 0.6) is 0 Å². The number of hydrogen-bond acceptors (Lipinski definition) is 2. The quantitative estimate of drug-likeness (QED) is 0.562. The summed E-state index contributed by atoms with van der Waals surface area (Å²) in [6, 6.07) is 6.39. The van der Waals surface area contributed by atoms with E-state index in [4.69, 9.17) is 5.21 Å². The van der Waals surface area contributed by atoms with Gasteiger partial charge in [-0.3, -0.25) is 0 Å². The van der Waals surface area contributed by atoms with Crippen molar-refractivity contribution >= 4 is 11.3 Å². The summed E-state index contributed by atoms with van der Waals surface area (Å²) in [5.74, 6) is 0. The molecule has 0 saturated heterocycles. The maximum Gasteiger partial charge on any atom is 0.0870 e. The predicted octanol–water partition coefficient (Wildman–Crippen LogP) is 3.70. The van der Waals surface area contributed by atoms with Crippen LogP contribution in [-0.4, -0.2) is 10.9 Å². The van der Waals surface area contributed by atoms with Gasteiger partial charge in [0, 0.05) is 5.57 Å². The summed E-state index contributed by atoms with van der Waals surface area (Å²) in [6.45, 7) is 4.22. The lowest BCUT2D eigenvalue weighted by Gasteiger charge is -2.15. The number of nitrogens with zero attached hydrogens (tertiary/aromatic N) is 1. The third-order valence-corrected chi connectivity index (χ3v) is 3.22. The van der Waals surface area contributed by atoms with Gasteiger partial charge in [0.1, 0.15) is 0 Å². The van der Waals surface area contributed by atoms with Gasteiger partial charge in [0.25, 0.3) is 0 Å². The van der Waals surface area contributed by atoms with Crippen LogP contribution in [-0.2, 0) is 0 Å². The molecular weight excluding hydrogens is 198 g/mol. The van der Waals surface area contributed by atoms with Crippen LogP contribution in [0, 0.1) is 13.8 Å². The van der Waals surface area contributed by atoms with E-state index in [1.54, 1.807) is 0 Å². The highest BCUT2D eigenvalue weighted by atomic mass is 16.4. The third-order valence-electron chi connectivity index (χ3n) is 3.22. The molecule has 0 aromatic heterocycles. The van der Waals surface area contributed by atoms with Gasteiger partial charge in [-0.05, 0) is 49.8 Å². The fourth-order valence-electron chi connectivity index (χ4n) is 2.07. The first-order chi connectivity index (χ1) is 7.72. The molecule has 2 nitrogen and oxygen atoms in total. The van der Waals surface area contributed by atoms with Gasteiger partial charge in [0.2, 0.25) is 0 Å². The van der Waals surface area contributed by atoms with E-state index in [0.29, 0.717) is 0 Å². The van der Waals surface area contributed by atoms with Crippen molar-refractivity contribution in [3.8, 4) is 0 Å². The average Bonchev–Trinajstić information content (AvgIpc) is 2.32. The molecule has 0 aliphatic heterocycles. The zero-order valence-corrected chi connectivity index (χ0v) is 9.83. The van der Waals surface area contributed by atoms with E-state index in [0.717, 1.165) is 36.1 Å². The molecule has 0 spiro atoms. The van der Waals surface area contributed by atoms with E-state index in [-0.39, 0.29) is 0 Å². The second-order valence-electron chi connectivity index (χ2n) is 4.36. The second kappa shape index (κ2) is 4.52. The molecule has 0 unspecified atom stereocenters. The molecular formula is C14H17NO. The zero-order valence-electron chi connectivity index (χ0n) is 9.83. The molecule has 2 rings (SSSR count). The molecule has 16 heavy (non-hydrogen) atoms. The van der Waals surface area contributed by atoms with Crippen LogP contribution < -0.4 is 0 Å². The smallest absolute Gasteiger partial charge is 0.0870 e. The fraction of sp³-hybridized carbons (Fsp3) is 0.357. The Kier molecular flexibility index (Phi) is 3.09. The van der Waals surface area contributed by atoms with Gasteiger partial charge in [-0.1, -0.05) is 29.4 Å². The highest BCUT2D eigenvalue weighted by molar-refractivity contribution is 6.24. The van der Waals surface area contributed by atoms with Crippen molar-refractivity contribution in [3.05, 3.63) is 41.0 Å². The van der Waals surface area contributed by atoms with Crippen molar-refractivity contribution in [2.45, 2.75) is 33.1 Å². The van der Waals surface area contributed by atoms with E-state index >= 15 is 0 Å². The number of allylic oxidation sites excluding steroid dienone is 2. The molecule has 1 aliphatic rings. The van der Waals surface area contributed by atoms with Crippen LogP contribution in [0.15, 0.2) is 29.4 Å². The molecule has 0 atom stereocenters. The summed E-state index contributed by atoms with van der Waals surface area (Å²) in [7, 11) is 0. The molecule has 1 N–H and O–H groups in total. The van der Waals surface area contributed by atoms with Gasteiger partial charge in [-0.25, -0.2) is 0 Å². The lowest BCUT2D eigenvalue weighted by molar-refractivity contribution is 0.318. The second-order valence-corrected chi connectivity index (χ2v) is 4.36. The summed E-state index contributed by atoms with van der Waals surface area (Å²) in [4.78, 5) is 0. The van der Waals surface area contributed by atoms with Crippen molar-refractivity contribution < 1.29 is 5.21 Å². The maximum absolute atomic E-state index is 8.99. The molecule has 0 fully saturated rings. The Bertz CT molecular complexity index is 458. The van der Waals surface area contributed by atoms with Gasteiger partial charge >= 0.3 is 0 Å². The van der Waals surface area contributed by atoms with Crippen molar-refractivity contribution in [2.24, 2.45) is 5.16 Å². The number of aryl methyl sites for hydroxylation is 2. The fourth-order valence-corrected chi connectivity index (χ4v) is 2.07. The summed E-state index contributed by atoms with van der Waals surface area (Å²) in [5.41, 5.74) is 5.64. The average molecular weight is 215 g/mol. The lowest BCUT2D eigenvalue weighted by atomic mass is 9.90. The van der Waals surface area contributed by atoms with Crippen molar-refractivity contribution in [1.29, 1.82) is 0 Å². The van der Waals surface area contributed by atoms with Gasteiger partial charge in [-0.15, -0.1) is 0 Å². The standard InChI is InChI=1S/C14H17NO/c1-10-7-8-12(9-11(10)2)13-5-3-4-6-14(13)15-16/h5,7-9,16H,3-4,6H2,1-2H3. The van der Waals surface area contributed by atoms with Gasteiger partial charge in [-0.2, -0.15) is 0 Å². The minimum Gasteiger partial charge on any atom is -0.411 e. The Morgan fingerprint density at radius 3 is 2.69 bits per heavy atom. The van der Waals surface area contributed by atoms with Crippen molar-refractivity contribution in [2.75, 3.05) is 0 Å². The number of rotatable bonds is 1. The van der Waals surface area contributed by atoms with Crippen LogP contribution in [0.4, 0.5) is 0 Å². The molecule has 0 amide bonds. The highest BCUT2D eigenvalue weighted by Gasteiger charge is 2.14. The monoisotopic (exact) mass is 215 g/mol. The molecule has 0 radical (unpaired) electrons. The molecule has 0 bridgehead atoms. The lowest BCUT2D eigenvalue weighted by Crippen LogP contribution is -2.07. The third kappa shape index (κ3) is 2.01. The first-order valence-electron chi connectivity index (χ1n) is 5.71. The van der Waals surface area contributed by atoms with Gasteiger partial charge in [0.05, 0.1) is 5.71 Å². The maximum atomic E-state index is 8.99. The molecule has 1 aromatic rings. The van der Waals surface area contributed by atoms with Crippen LogP contribution in [0.1, 0.15) is 36.0 Å². The van der Waals surface area contributed by atoms with E-state index < -0.39 is 0 Å². The molecule has 0 saturated carbocycles. The van der Waals surface area contributed by atoms with Crippen LogP contribution in [0.2, 0.25) is 0 Å². The first kappa shape index (κ1) is 10.9. The highest BCUT2D eigenvalue weighted by Crippen LogP contribution is 2.26. The number of benzene rings is 1. The van der Waals surface area contributed by atoms with E-state index in [1.807, 2.05) is 0 Å². The van der Waals surface area contributed by atoms with Crippen LogP contribution in [0.3, 0.4) is 0 Å². The van der Waals surface area contributed by atoms with Crippen molar-refractivity contribution in [1.82, 2.24) is 0 Å². The normalized spacial score (nSPS) is 18.6. The van der Waals surface area contributed by atoms with E-state index in [2.05, 4.69) is 43.3 Å². The number of hydrogen-bond donors (Lipinski definition) is 1. The Labute approximate surface area is 96.3 Å². The minimum atomic E-state index is 0.814. The largest absolute Gasteiger partial charge is 0.411 e. The van der Waals surface area contributed by atoms with E-state index in [9.17, 15) is 0 Å². The van der Waals surface area contributed by atoms with E-state index in [1.165, 1.54) is 11.1 Å². The summed E-state index contributed by atoms with van der Waals surface area (Å²) >= 11 is 0. The predicted molar refractivity (Wildman–Crippen MR) is 67.0 cm³/mol. The SMILES string of the molecule is Cc1ccc(C2=CCCCC2=NO)cc1C. The Morgan fingerprint density at radius 2 is 2.00 bits per heavy atom. The molecule has 1 aliphatic carbocycles. The topological polar surface area (TPSA) is 32.6 Å². The summed E-state index contributed by atoms with van der Waals surface area (Å²) in [6.07, 6.45) is 5.19. The molecule has 84 valence electrons. The van der Waals surface area contributed by atoms with Gasteiger partial charge in [0.15, 0.2) is 0 Å². The minimum absolute atomic E-state index is 0.814. The Morgan fingerprint density at radius 1 is 1.19 bits per heavy atom. The van der Waals surface area contributed by atoms with Crippen LogP contribution >= 0.6 is 0 Å². The molecule has 0 heterocycles. The summed E-state index contributed by atoms with van der Waals surface area (Å²) in [5, 5.41) is 12.4. The van der Waals surface area contributed by atoms with Crippen molar-refractivity contribution in [3.63, 3.8) is 0 Å². The zero-order chi connectivity index (χ0) is 11.5.